The Balaban J connectivity index is 2.66. The molecule has 0 spiro atoms. The molecule has 3 unspecified atom stereocenters. The Morgan fingerprint density at radius 1 is 1.09 bits per heavy atom. The number of halogens is 1. The Morgan fingerprint density at radius 2 is 1.59 bits per heavy atom. The van der Waals surface area contributed by atoms with E-state index < -0.39 is 42.8 Å². The van der Waals surface area contributed by atoms with Crippen LogP contribution in [-0.4, -0.2) is 45.6 Å². The Hall–Kier alpha value is -0.250. The fourth-order valence-electron chi connectivity index (χ4n) is 2.13. The van der Waals surface area contributed by atoms with Gasteiger partial charge in [-0.05, 0) is 53.4 Å². The van der Waals surface area contributed by atoms with Gasteiger partial charge in [0, 0.05) is 6.04 Å². The highest BCUT2D eigenvalue weighted by Gasteiger charge is 2.45. The minimum absolute atomic E-state index is 0.0517. The first-order valence-corrected chi connectivity index (χ1v) is 10.5. The van der Waals surface area contributed by atoms with Crippen LogP contribution in [0.25, 0.3) is 0 Å². The Bertz CT molecular complexity index is 589. The van der Waals surface area contributed by atoms with Crippen molar-refractivity contribution in [2.24, 2.45) is 5.92 Å². The van der Waals surface area contributed by atoms with Crippen LogP contribution in [0.4, 0.5) is 4.39 Å². The lowest BCUT2D eigenvalue weighted by Crippen LogP contribution is -2.50. The molecule has 0 aromatic heterocycles. The molecule has 2 N–H and O–H groups in total. The Labute approximate surface area is 133 Å². The topological polar surface area (TPSA) is 92.3 Å². The summed E-state index contributed by atoms with van der Waals surface area (Å²) in [5, 5.41) is -1.17. The van der Waals surface area contributed by atoms with Crippen LogP contribution in [0, 0.1) is 5.92 Å². The standard InChI is InChI=1S/C13H27FN2O4S2/c1-9(2)21(17,18)15-12-6-11(12)7-13(5,8-14)16-22(19,20)10(3)4/h9-12,15-16H,6-8H2,1-5H3. The molecule has 0 aromatic carbocycles. The summed E-state index contributed by atoms with van der Waals surface area (Å²) in [6, 6.07) is -0.234. The number of alkyl halides is 1. The molecule has 9 heteroatoms. The number of hydrogen-bond donors (Lipinski definition) is 2. The third-order valence-electron chi connectivity index (χ3n) is 3.88. The van der Waals surface area contributed by atoms with E-state index in [9.17, 15) is 21.2 Å². The van der Waals surface area contributed by atoms with Crippen LogP contribution in [0.15, 0.2) is 0 Å². The van der Waals surface area contributed by atoms with Gasteiger partial charge in [-0.15, -0.1) is 0 Å². The molecule has 0 heterocycles. The van der Waals surface area contributed by atoms with Crippen LogP contribution >= 0.6 is 0 Å². The summed E-state index contributed by atoms with van der Waals surface area (Å²) in [7, 11) is -6.94. The van der Waals surface area contributed by atoms with Gasteiger partial charge in [0.2, 0.25) is 20.0 Å². The van der Waals surface area contributed by atoms with Gasteiger partial charge in [0.05, 0.1) is 16.0 Å². The van der Waals surface area contributed by atoms with Gasteiger partial charge in [-0.25, -0.2) is 30.7 Å². The zero-order valence-corrected chi connectivity index (χ0v) is 15.4. The van der Waals surface area contributed by atoms with E-state index in [0.717, 1.165) is 0 Å². The molecule has 1 aliphatic rings. The van der Waals surface area contributed by atoms with Crippen LogP contribution in [-0.2, 0) is 20.0 Å². The molecule has 132 valence electrons. The number of nitrogens with one attached hydrogen (secondary N) is 2. The lowest BCUT2D eigenvalue weighted by Gasteiger charge is -2.28. The predicted molar refractivity (Wildman–Crippen MR) is 85.3 cm³/mol. The van der Waals surface area contributed by atoms with Crippen molar-refractivity contribution < 1.29 is 21.2 Å². The quantitative estimate of drug-likeness (QED) is 0.647. The van der Waals surface area contributed by atoms with E-state index in [1.165, 1.54) is 20.8 Å². The monoisotopic (exact) mass is 358 g/mol. The Kier molecular flexibility index (Phi) is 6.03. The molecule has 6 nitrogen and oxygen atoms in total. The highest BCUT2D eigenvalue weighted by Crippen LogP contribution is 2.38. The summed E-state index contributed by atoms with van der Waals surface area (Å²) in [6.07, 6.45) is 0.867. The van der Waals surface area contributed by atoms with E-state index in [2.05, 4.69) is 9.44 Å². The van der Waals surface area contributed by atoms with Gasteiger partial charge in [0.15, 0.2) is 0 Å². The molecule has 1 aliphatic carbocycles. The van der Waals surface area contributed by atoms with Gasteiger partial charge >= 0.3 is 0 Å². The molecule has 1 saturated carbocycles. The van der Waals surface area contributed by atoms with Crippen LogP contribution in [0.1, 0.15) is 47.5 Å². The maximum absolute atomic E-state index is 13.4. The molecular weight excluding hydrogens is 331 g/mol. The van der Waals surface area contributed by atoms with Crippen LogP contribution in [0.2, 0.25) is 0 Å². The van der Waals surface area contributed by atoms with E-state index in [1.807, 2.05) is 0 Å². The van der Waals surface area contributed by atoms with E-state index in [0.29, 0.717) is 6.42 Å². The molecule has 0 radical (unpaired) electrons. The zero-order valence-electron chi connectivity index (χ0n) is 13.8. The molecule has 1 rings (SSSR count). The maximum atomic E-state index is 13.4. The summed E-state index contributed by atoms with van der Waals surface area (Å²) in [5.41, 5.74) is -1.20. The Morgan fingerprint density at radius 3 is 2.00 bits per heavy atom. The molecule has 1 fully saturated rings. The molecule has 0 bridgehead atoms. The molecule has 0 aliphatic heterocycles. The van der Waals surface area contributed by atoms with Crippen molar-refractivity contribution in [1.29, 1.82) is 0 Å². The average Bonchev–Trinajstić information content (AvgIpc) is 3.04. The number of sulfonamides is 2. The fraction of sp³-hybridized carbons (Fsp3) is 1.00. The van der Waals surface area contributed by atoms with Crippen LogP contribution in [0.3, 0.4) is 0 Å². The third-order valence-corrected chi connectivity index (χ3v) is 7.77. The van der Waals surface area contributed by atoms with Crippen LogP contribution in [0.5, 0.6) is 0 Å². The van der Waals surface area contributed by atoms with Gasteiger partial charge in [0.1, 0.15) is 6.67 Å². The van der Waals surface area contributed by atoms with E-state index >= 15 is 0 Å². The zero-order chi connectivity index (χ0) is 17.3. The lowest BCUT2D eigenvalue weighted by molar-refractivity contribution is 0.272. The first-order chi connectivity index (χ1) is 9.83. The van der Waals surface area contributed by atoms with Gasteiger partial charge in [0.25, 0.3) is 0 Å². The van der Waals surface area contributed by atoms with Crippen molar-refractivity contribution in [2.45, 2.75) is 69.5 Å². The van der Waals surface area contributed by atoms with E-state index in [1.54, 1.807) is 13.8 Å². The smallest absolute Gasteiger partial charge is 0.214 e. The molecule has 0 amide bonds. The van der Waals surface area contributed by atoms with Crippen molar-refractivity contribution in [2.75, 3.05) is 6.67 Å². The summed E-state index contributed by atoms with van der Waals surface area (Å²) in [4.78, 5) is 0. The minimum Gasteiger partial charge on any atom is -0.249 e. The van der Waals surface area contributed by atoms with E-state index in [-0.39, 0.29) is 18.4 Å². The first-order valence-electron chi connectivity index (χ1n) is 7.43. The van der Waals surface area contributed by atoms with Crippen LogP contribution < -0.4 is 9.44 Å². The van der Waals surface area contributed by atoms with Gasteiger partial charge in [-0.2, -0.15) is 0 Å². The summed E-state index contributed by atoms with van der Waals surface area (Å²) < 4.78 is 65.8. The minimum atomic E-state index is -3.58. The highest BCUT2D eigenvalue weighted by molar-refractivity contribution is 7.90. The number of rotatable bonds is 9. The van der Waals surface area contributed by atoms with Crippen molar-refractivity contribution in [3.8, 4) is 0 Å². The van der Waals surface area contributed by atoms with Gasteiger partial charge < -0.3 is 0 Å². The second kappa shape index (κ2) is 6.70. The third kappa shape index (κ3) is 5.14. The van der Waals surface area contributed by atoms with Gasteiger partial charge in [-0.3, -0.25) is 0 Å². The molecule has 3 atom stereocenters. The van der Waals surface area contributed by atoms with Crippen molar-refractivity contribution in [1.82, 2.24) is 9.44 Å². The highest BCUT2D eigenvalue weighted by atomic mass is 32.2. The summed E-state index contributed by atoms with van der Waals surface area (Å²) in [5.74, 6) is -0.0517. The average molecular weight is 359 g/mol. The molecular formula is C13H27FN2O4S2. The fourth-order valence-corrected chi connectivity index (χ4v) is 4.17. The van der Waals surface area contributed by atoms with E-state index in [4.69, 9.17) is 0 Å². The SMILES string of the molecule is CC(C)S(=O)(=O)NC1CC1CC(C)(CF)NS(=O)(=O)C(C)C. The normalized spacial score (nSPS) is 25.5. The molecule has 0 aromatic rings. The molecule has 22 heavy (non-hydrogen) atoms. The summed E-state index contributed by atoms with van der Waals surface area (Å²) in [6.45, 7) is 6.90. The second-order valence-corrected chi connectivity index (χ2v) is 11.4. The predicted octanol–water partition coefficient (Wildman–Crippen LogP) is 1.15. The molecule has 0 saturated heterocycles. The van der Waals surface area contributed by atoms with Crippen molar-refractivity contribution in [3.05, 3.63) is 0 Å². The lowest BCUT2D eigenvalue weighted by atomic mass is 9.98. The number of hydrogen-bond acceptors (Lipinski definition) is 4. The summed E-state index contributed by atoms with van der Waals surface area (Å²) >= 11 is 0. The first kappa shape index (κ1) is 19.8. The van der Waals surface area contributed by atoms with Gasteiger partial charge in [-0.1, -0.05) is 0 Å². The second-order valence-electron chi connectivity index (χ2n) is 6.91. The largest absolute Gasteiger partial charge is 0.249 e. The van der Waals surface area contributed by atoms with Crippen molar-refractivity contribution in [3.63, 3.8) is 0 Å². The maximum Gasteiger partial charge on any atom is 0.214 e. The van der Waals surface area contributed by atoms with Crippen molar-refractivity contribution >= 4 is 20.0 Å².